The summed E-state index contributed by atoms with van der Waals surface area (Å²) in [6.45, 7) is 3.95. The van der Waals surface area contributed by atoms with Crippen molar-refractivity contribution in [3.05, 3.63) is 150 Å². The molecule has 0 aromatic heterocycles. The molecule has 1 aliphatic carbocycles. The van der Waals surface area contributed by atoms with E-state index >= 15 is 0 Å². The van der Waals surface area contributed by atoms with E-state index in [1.165, 1.54) is 27.7 Å². The number of benzene rings is 5. The van der Waals surface area contributed by atoms with Crippen molar-refractivity contribution < 1.29 is 25.8 Å². The Labute approximate surface area is 256 Å². The zero-order valence-electron chi connectivity index (χ0n) is 24.0. The standard InChI is InChI=1S/C36H29F3O3SSi/c1-35(2)33-24-26(18-20-31(33)32-21-19-27(25-34(32)35)42-43(40,41)36(37,38)39)22-23-44(28-12-6-3-7-13-28,29-14-8-4-9-15-29)30-16-10-5-11-17-30/h3-25H,1-2H3. The first-order chi connectivity index (χ1) is 20.9. The fraction of sp³-hybridized carbons (Fsp3) is 0.111. The molecule has 0 aliphatic heterocycles. The summed E-state index contributed by atoms with van der Waals surface area (Å²) in [4.78, 5) is 0. The maximum absolute atomic E-state index is 13.0. The van der Waals surface area contributed by atoms with Gasteiger partial charge in [-0.15, -0.1) is 0 Å². The lowest BCUT2D eigenvalue weighted by Crippen LogP contribution is -2.66. The Morgan fingerprint density at radius 3 is 1.59 bits per heavy atom. The average Bonchev–Trinajstić information content (AvgIpc) is 3.24. The Balaban J connectivity index is 1.44. The van der Waals surface area contributed by atoms with E-state index in [0.717, 1.165) is 22.3 Å². The van der Waals surface area contributed by atoms with Gasteiger partial charge in [0, 0.05) is 5.41 Å². The van der Waals surface area contributed by atoms with E-state index in [-0.39, 0.29) is 5.75 Å². The molecule has 0 N–H and O–H groups in total. The van der Waals surface area contributed by atoms with Gasteiger partial charge in [-0.2, -0.15) is 21.6 Å². The first-order valence-electron chi connectivity index (χ1n) is 14.1. The molecule has 0 heterocycles. The van der Waals surface area contributed by atoms with Crippen LogP contribution >= 0.6 is 0 Å². The Morgan fingerprint density at radius 2 is 1.11 bits per heavy atom. The fourth-order valence-electron chi connectivity index (χ4n) is 6.18. The molecule has 1 aliphatic rings. The highest BCUT2D eigenvalue weighted by atomic mass is 32.2. The second-order valence-corrected chi connectivity index (χ2v) is 16.6. The predicted octanol–water partition coefficient (Wildman–Crippen LogP) is 6.94. The van der Waals surface area contributed by atoms with Gasteiger partial charge in [0.15, 0.2) is 8.07 Å². The van der Waals surface area contributed by atoms with Gasteiger partial charge in [-0.05, 0) is 55.5 Å². The van der Waals surface area contributed by atoms with Gasteiger partial charge >= 0.3 is 15.6 Å². The lowest BCUT2D eigenvalue weighted by atomic mass is 9.82. The topological polar surface area (TPSA) is 43.4 Å². The van der Waals surface area contributed by atoms with Crippen LogP contribution in [0.4, 0.5) is 13.2 Å². The smallest absolute Gasteiger partial charge is 0.376 e. The first kappa shape index (κ1) is 29.7. The van der Waals surface area contributed by atoms with E-state index in [2.05, 4.69) is 94.8 Å². The predicted molar refractivity (Wildman–Crippen MR) is 173 cm³/mol. The molecule has 0 radical (unpaired) electrons. The summed E-state index contributed by atoms with van der Waals surface area (Å²) >= 11 is 0. The Kier molecular flexibility index (Phi) is 7.38. The van der Waals surface area contributed by atoms with E-state index in [0.29, 0.717) is 5.56 Å². The molecule has 0 spiro atoms. The monoisotopic (exact) mass is 626 g/mol. The van der Waals surface area contributed by atoms with Crippen LogP contribution in [0.25, 0.3) is 17.2 Å². The molecular formula is C36H29F3O3SSi. The molecule has 0 bridgehead atoms. The van der Waals surface area contributed by atoms with Crippen molar-refractivity contribution in [3.8, 4) is 16.9 Å². The van der Waals surface area contributed by atoms with Crippen molar-refractivity contribution in [1.82, 2.24) is 0 Å². The van der Waals surface area contributed by atoms with E-state index in [1.807, 2.05) is 44.2 Å². The van der Waals surface area contributed by atoms with Crippen LogP contribution in [0.3, 0.4) is 0 Å². The van der Waals surface area contributed by atoms with Gasteiger partial charge in [0.2, 0.25) is 0 Å². The third-order valence-corrected chi connectivity index (χ3v) is 13.8. The zero-order valence-corrected chi connectivity index (χ0v) is 25.9. The minimum atomic E-state index is -5.78. The van der Waals surface area contributed by atoms with Crippen LogP contribution in [0.5, 0.6) is 5.75 Å². The van der Waals surface area contributed by atoms with Gasteiger partial charge < -0.3 is 4.18 Å². The van der Waals surface area contributed by atoms with E-state index in [1.54, 1.807) is 6.07 Å². The first-order valence-corrected chi connectivity index (χ1v) is 17.6. The van der Waals surface area contributed by atoms with Crippen LogP contribution in [0.15, 0.2) is 133 Å². The molecule has 0 saturated carbocycles. The molecule has 0 amide bonds. The largest absolute Gasteiger partial charge is 0.534 e. The van der Waals surface area contributed by atoms with Gasteiger partial charge in [-0.1, -0.05) is 141 Å². The van der Waals surface area contributed by atoms with Crippen molar-refractivity contribution in [2.24, 2.45) is 0 Å². The number of hydrogen-bond acceptors (Lipinski definition) is 3. The Hall–Kier alpha value is -4.40. The molecular weight excluding hydrogens is 598 g/mol. The molecule has 44 heavy (non-hydrogen) atoms. The van der Waals surface area contributed by atoms with Gasteiger partial charge in [-0.3, -0.25) is 0 Å². The third-order valence-electron chi connectivity index (χ3n) is 8.37. The summed E-state index contributed by atoms with van der Waals surface area (Å²) in [7, 11) is -8.40. The highest BCUT2D eigenvalue weighted by Crippen LogP contribution is 2.50. The number of hydrogen-bond donors (Lipinski definition) is 0. The molecule has 0 unspecified atom stereocenters. The molecule has 3 nitrogen and oxygen atoms in total. The molecule has 8 heteroatoms. The molecule has 0 atom stereocenters. The summed E-state index contributed by atoms with van der Waals surface area (Å²) in [5, 5.41) is 3.76. The minimum absolute atomic E-state index is 0.369. The lowest BCUT2D eigenvalue weighted by molar-refractivity contribution is -0.0500. The molecule has 5 aromatic carbocycles. The quantitative estimate of drug-likeness (QED) is 0.0851. The summed E-state index contributed by atoms with van der Waals surface area (Å²) in [5.74, 6) is -0.369. The summed E-state index contributed by atoms with van der Waals surface area (Å²) < 4.78 is 66.7. The average molecular weight is 627 g/mol. The number of rotatable bonds is 7. The maximum atomic E-state index is 13.0. The van der Waals surface area contributed by atoms with Crippen LogP contribution in [-0.2, 0) is 15.5 Å². The van der Waals surface area contributed by atoms with E-state index in [9.17, 15) is 21.6 Å². The van der Waals surface area contributed by atoms with E-state index < -0.39 is 29.1 Å². The van der Waals surface area contributed by atoms with Crippen LogP contribution in [-0.4, -0.2) is 22.0 Å². The van der Waals surface area contributed by atoms with Gasteiger partial charge in [-0.25, -0.2) is 0 Å². The van der Waals surface area contributed by atoms with Crippen molar-refractivity contribution in [3.63, 3.8) is 0 Å². The van der Waals surface area contributed by atoms with Crippen molar-refractivity contribution >= 4 is 39.8 Å². The third kappa shape index (κ3) is 5.08. The normalized spacial score (nSPS) is 14.3. The van der Waals surface area contributed by atoms with Gasteiger partial charge in [0.1, 0.15) is 5.75 Å². The van der Waals surface area contributed by atoms with Crippen molar-refractivity contribution in [2.45, 2.75) is 24.8 Å². The molecule has 222 valence electrons. The van der Waals surface area contributed by atoms with Crippen LogP contribution < -0.4 is 19.7 Å². The second-order valence-electron chi connectivity index (χ2n) is 11.4. The molecule has 0 saturated heterocycles. The highest BCUT2D eigenvalue weighted by molar-refractivity contribution is 7.88. The maximum Gasteiger partial charge on any atom is 0.534 e. The SMILES string of the molecule is CC1(C)c2cc(C=C[Si](c3ccccc3)(c3ccccc3)c3ccccc3)ccc2-c2ccc(OS(=O)(=O)C(F)(F)F)cc21. The van der Waals surface area contributed by atoms with Gasteiger partial charge in [0.05, 0.1) is 0 Å². The zero-order chi connectivity index (χ0) is 31.2. The number of fused-ring (bicyclic) bond motifs is 3. The van der Waals surface area contributed by atoms with Crippen molar-refractivity contribution in [2.75, 3.05) is 0 Å². The second kappa shape index (κ2) is 10.9. The summed E-state index contributed by atoms with van der Waals surface area (Å²) in [6.07, 6.45) is 2.17. The minimum Gasteiger partial charge on any atom is -0.376 e. The molecule has 6 rings (SSSR count). The van der Waals surface area contributed by atoms with Crippen LogP contribution in [0.1, 0.15) is 30.5 Å². The summed E-state index contributed by atoms with van der Waals surface area (Å²) in [6, 6.07) is 42.1. The van der Waals surface area contributed by atoms with E-state index in [4.69, 9.17) is 0 Å². The van der Waals surface area contributed by atoms with Gasteiger partial charge in [0.25, 0.3) is 0 Å². The lowest BCUT2D eigenvalue weighted by Gasteiger charge is -2.31. The number of alkyl halides is 3. The van der Waals surface area contributed by atoms with Crippen molar-refractivity contribution in [1.29, 1.82) is 0 Å². The summed E-state index contributed by atoms with van der Waals surface area (Å²) in [5.41, 5.74) is 0.704. The fourth-order valence-corrected chi connectivity index (χ4v) is 10.8. The Bertz CT molecular complexity index is 1860. The van der Waals surface area contributed by atoms with Crippen LogP contribution in [0.2, 0.25) is 0 Å². The van der Waals surface area contributed by atoms with Crippen LogP contribution in [0, 0.1) is 0 Å². The molecule has 5 aromatic rings. The number of halogens is 3. The molecule has 0 fully saturated rings. The Morgan fingerprint density at radius 1 is 0.659 bits per heavy atom. The highest BCUT2D eigenvalue weighted by Gasteiger charge is 2.49.